The number of furan rings is 1. The van der Waals surface area contributed by atoms with E-state index in [0.29, 0.717) is 5.76 Å². The highest BCUT2D eigenvalue weighted by Gasteiger charge is 2.15. The van der Waals surface area contributed by atoms with Gasteiger partial charge in [0.05, 0.1) is 19.6 Å². The van der Waals surface area contributed by atoms with Crippen molar-refractivity contribution in [1.82, 2.24) is 4.90 Å². The van der Waals surface area contributed by atoms with Crippen LogP contribution in [0, 0.1) is 0 Å². The summed E-state index contributed by atoms with van der Waals surface area (Å²) >= 11 is 0. The number of carboxylic acids is 2. The molecule has 0 bridgehead atoms. The fourth-order valence-electron chi connectivity index (χ4n) is 1.47. The van der Waals surface area contributed by atoms with Gasteiger partial charge in [0.25, 0.3) is 0 Å². The van der Waals surface area contributed by atoms with Crippen molar-refractivity contribution in [3.63, 3.8) is 0 Å². The SMILES string of the molecule is CCc1ccc(CN(CC(=O)O)CC(=O)O)o1. The molecule has 0 unspecified atom stereocenters. The van der Waals surface area contributed by atoms with E-state index in [1.165, 1.54) is 4.90 Å². The van der Waals surface area contributed by atoms with E-state index >= 15 is 0 Å². The first kappa shape index (κ1) is 13.2. The summed E-state index contributed by atoms with van der Waals surface area (Å²) in [5, 5.41) is 17.3. The molecule has 0 aliphatic rings. The van der Waals surface area contributed by atoms with Gasteiger partial charge in [0.2, 0.25) is 0 Å². The van der Waals surface area contributed by atoms with Crippen LogP contribution in [0.3, 0.4) is 0 Å². The lowest BCUT2D eigenvalue weighted by Gasteiger charge is -2.15. The normalized spacial score (nSPS) is 10.7. The zero-order valence-electron chi connectivity index (χ0n) is 9.55. The van der Waals surface area contributed by atoms with Crippen molar-refractivity contribution in [2.24, 2.45) is 0 Å². The molecule has 1 heterocycles. The number of aryl methyl sites for hydroxylation is 1. The van der Waals surface area contributed by atoms with Crippen LogP contribution in [0.2, 0.25) is 0 Å². The summed E-state index contributed by atoms with van der Waals surface area (Å²) in [6.45, 7) is 1.47. The lowest BCUT2D eigenvalue weighted by molar-refractivity contribution is -0.142. The largest absolute Gasteiger partial charge is 0.480 e. The number of aliphatic carboxylic acids is 2. The van der Waals surface area contributed by atoms with Crippen molar-refractivity contribution in [1.29, 1.82) is 0 Å². The van der Waals surface area contributed by atoms with Gasteiger partial charge < -0.3 is 14.6 Å². The van der Waals surface area contributed by atoms with Gasteiger partial charge in [-0.15, -0.1) is 0 Å². The average molecular weight is 241 g/mol. The fraction of sp³-hybridized carbons (Fsp3) is 0.455. The molecule has 0 aliphatic heterocycles. The Hall–Kier alpha value is -1.82. The molecule has 1 rings (SSSR count). The third-order valence-electron chi connectivity index (χ3n) is 2.16. The summed E-state index contributed by atoms with van der Waals surface area (Å²) in [6.07, 6.45) is 0.748. The first-order valence-electron chi connectivity index (χ1n) is 5.24. The van der Waals surface area contributed by atoms with E-state index in [1.807, 2.05) is 6.92 Å². The van der Waals surface area contributed by atoms with Crippen LogP contribution in [0.25, 0.3) is 0 Å². The molecule has 0 radical (unpaired) electrons. The Kier molecular flexibility index (Phi) is 4.71. The van der Waals surface area contributed by atoms with E-state index in [4.69, 9.17) is 14.6 Å². The molecule has 6 nitrogen and oxygen atoms in total. The summed E-state index contributed by atoms with van der Waals surface area (Å²) in [7, 11) is 0. The predicted octanol–water partition coefficient (Wildman–Crippen LogP) is 0.813. The Bertz CT molecular complexity index is 382. The molecule has 1 aromatic rings. The van der Waals surface area contributed by atoms with Crippen LogP contribution in [-0.4, -0.2) is 40.1 Å². The summed E-state index contributed by atoms with van der Waals surface area (Å²) < 4.78 is 5.40. The molecule has 0 saturated carbocycles. The second kappa shape index (κ2) is 6.05. The molecule has 2 N–H and O–H groups in total. The minimum atomic E-state index is -1.06. The van der Waals surface area contributed by atoms with E-state index in [0.717, 1.165) is 12.2 Å². The third-order valence-corrected chi connectivity index (χ3v) is 2.16. The molecule has 0 aromatic carbocycles. The molecule has 6 heteroatoms. The summed E-state index contributed by atoms with van der Waals surface area (Å²) in [5.41, 5.74) is 0. The number of nitrogens with zero attached hydrogens (tertiary/aromatic N) is 1. The van der Waals surface area contributed by atoms with Gasteiger partial charge in [0, 0.05) is 6.42 Å². The van der Waals surface area contributed by atoms with Gasteiger partial charge in [-0.05, 0) is 12.1 Å². The first-order valence-corrected chi connectivity index (χ1v) is 5.24. The molecule has 94 valence electrons. The van der Waals surface area contributed by atoms with Crippen LogP contribution < -0.4 is 0 Å². The number of hydrogen-bond acceptors (Lipinski definition) is 4. The molecule has 0 atom stereocenters. The van der Waals surface area contributed by atoms with E-state index < -0.39 is 11.9 Å². The maximum atomic E-state index is 10.6. The van der Waals surface area contributed by atoms with Crippen LogP contribution in [0.4, 0.5) is 0 Å². The van der Waals surface area contributed by atoms with Crippen molar-refractivity contribution >= 4 is 11.9 Å². The van der Waals surface area contributed by atoms with Crippen LogP contribution in [0.15, 0.2) is 16.5 Å². The fourth-order valence-corrected chi connectivity index (χ4v) is 1.47. The molecule has 17 heavy (non-hydrogen) atoms. The standard InChI is InChI=1S/C11H15NO5/c1-2-8-3-4-9(17-8)5-12(6-10(13)14)7-11(15)16/h3-4H,2,5-7H2,1H3,(H,13,14)(H,15,16). The van der Waals surface area contributed by atoms with E-state index in [2.05, 4.69) is 0 Å². The summed E-state index contributed by atoms with van der Waals surface area (Å²) in [6, 6.07) is 3.53. The summed E-state index contributed by atoms with van der Waals surface area (Å²) in [5.74, 6) is -0.753. The smallest absolute Gasteiger partial charge is 0.317 e. The average Bonchev–Trinajstić information content (AvgIpc) is 2.63. The van der Waals surface area contributed by atoms with Gasteiger partial charge in [-0.3, -0.25) is 14.5 Å². The molecular weight excluding hydrogens is 226 g/mol. The van der Waals surface area contributed by atoms with E-state index in [1.54, 1.807) is 12.1 Å². The summed E-state index contributed by atoms with van der Waals surface area (Å²) in [4.78, 5) is 22.4. The van der Waals surface area contributed by atoms with Crippen LogP contribution in [-0.2, 0) is 22.6 Å². The first-order chi connectivity index (χ1) is 8.01. The lowest BCUT2D eigenvalue weighted by Crippen LogP contribution is -2.33. The minimum Gasteiger partial charge on any atom is -0.480 e. The second-order valence-corrected chi connectivity index (χ2v) is 3.65. The van der Waals surface area contributed by atoms with Crippen LogP contribution in [0.1, 0.15) is 18.4 Å². The van der Waals surface area contributed by atoms with Crippen molar-refractivity contribution in [3.05, 3.63) is 23.7 Å². The van der Waals surface area contributed by atoms with Gasteiger partial charge in [0.1, 0.15) is 11.5 Å². The van der Waals surface area contributed by atoms with Crippen molar-refractivity contribution in [2.45, 2.75) is 19.9 Å². The molecule has 0 aliphatic carbocycles. The zero-order valence-corrected chi connectivity index (χ0v) is 9.55. The number of carboxylic acid groups (broad SMARTS) is 2. The van der Waals surface area contributed by atoms with Gasteiger partial charge in [-0.2, -0.15) is 0 Å². The zero-order chi connectivity index (χ0) is 12.8. The Morgan fingerprint density at radius 2 is 1.71 bits per heavy atom. The molecule has 0 saturated heterocycles. The topological polar surface area (TPSA) is 91.0 Å². The highest BCUT2D eigenvalue weighted by atomic mass is 16.4. The van der Waals surface area contributed by atoms with Gasteiger partial charge in [-0.1, -0.05) is 6.92 Å². The minimum absolute atomic E-state index is 0.179. The molecule has 0 spiro atoms. The Morgan fingerprint density at radius 3 is 2.12 bits per heavy atom. The number of carbonyl (C=O) groups is 2. The Labute approximate surface area is 98.5 Å². The molecule has 0 amide bonds. The van der Waals surface area contributed by atoms with Crippen LogP contribution in [0.5, 0.6) is 0 Å². The van der Waals surface area contributed by atoms with E-state index in [9.17, 15) is 9.59 Å². The maximum Gasteiger partial charge on any atom is 0.317 e. The van der Waals surface area contributed by atoms with Crippen molar-refractivity contribution < 1.29 is 24.2 Å². The number of rotatable bonds is 7. The molecular formula is C11H15NO5. The number of hydrogen-bond donors (Lipinski definition) is 2. The lowest BCUT2D eigenvalue weighted by atomic mass is 10.3. The monoisotopic (exact) mass is 241 g/mol. The van der Waals surface area contributed by atoms with Gasteiger partial charge in [-0.25, -0.2) is 0 Å². The Balaban J connectivity index is 2.64. The highest BCUT2D eigenvalue weighted by Crippen LogP contribution is 2.10. The van der Waals surface area contributed by atoms with Crippen molar-refractivity contribution in [2.75, 3.05) is 13.1 Å². The Morgan fingerprint density at radius 1 is 1.18 bits per heavy atom. The second-order valence-electron chi connectivity index (χ2n) is 3.65. The van der Waals surface area contributed by atoms with Gasteiger partial charge in [0.15, 0.2) is 0 Å². The molecule has 1 aromatic heterocycles. The quantitative estimate of drug-likeness (QED) is 0.734. The highest BCUT2D eigenvalue weighted by molar-refractivity contribution is 5.72. The third kappa shape index (κ3) is 4.69. The van der Waals surface area contributed by atoms with Crippen molar-refractivity contribution in [3.8, 4) is 0 Å². The van der Waals surface area contributed by atoms with E-state index in [-0.39, 0.29) is 19.6 Å². The predicted molar refractivity (Wildman–Crippen MR) is 58.6 cm³/mol. The van der Waals surface area contributed by atoms with Gasteiger partial charge >= 0.3 is 11.9 Å². The van der Waals surface area contributed by atoms with Crippen LogP contribution >= 0.6 is 0 Å². The maximum absolute atomic E-state index is 10.6. The molecule has 0 fully saturated rings.